The van der Waals surface area contributed by atoms with Crippen molar-refractivity contribution < 1.29 is 9.53 Å². The Hall–Kier alpha value is -0.310. The molecule has 0 aromatic carbocycles. The topological polar surface area (TPSA) is 26.3 Å². The molecule has 0 amide bonds. The van der Waals surface area contributed by atoms with Gasteiger partial charge >= 0.3 is 5.97 Å². The van der Waals surface area contributed by atoms with Crippen molar-refractivity contribution in [2.24, 2.45) is 46.3 Å². The minimum absolute atomic E-state index is 0.0155. The van der Waals surface area contributed by atoms with Gasteiger partial charge < -0.3 is 4.74 Å². The van der Waals surface area contributed by atoms with Gasteiger partial charge in [-0.1, -0.05) is 81.5 Å². The predicted molar refractivity (Wildman–Crippen MR) is 151 cm³/mol. The minimum atomic E-state index is 0.0155. The first kappa shape index (κ1) is 27.7. The zero-order valence-electron chi connectivity index (χ0n) is 23.4. The summed E-state index contributed by atoms with van der Waals surface area (Å²) >= 11 is 3.46. The van der Waals surface area contributed by atoms with Gasteiger partial charge in [0.1, 0.15) is 6.10 Å². The molecule has 3 heteroatoms. The third-order valence-electron chi connectivity index (χ3n) is 11.3. The van der Waals surface area contributed by atoms with Crippen molar-refractivity contribution in [2.75, 3.05) is 5.33 Å². The van der Waals surface area contributed by atoms with Crippen molar-refractivity contribution in [3.8, 4) is 0 Å². The van der Waals surface area contributed by atoms with Gasteiger partial charge in [-0.15, -0.1) is 0 Å². The smallest absolute Gasteiger partial charge is 0.306 e. The summed E-state index contributed by atoms with van der Waals surface area (Å²) in [5.74, 6) is 5.29. The molecule has 8 atom stereocenters. The second kappa shape index (κ2) is 11.6. The van der Waals surface area contributed by atoms with Crippen LogP contribution in [0.25, 0.3) is 0 Å². The van der Waals surface area contributed by atoms with E-state index < -0.39 is 0 Å². The number of fused-ring (bicyclic) bond motifs is 5. The van der Waals surface area contributed by atoms with E-state index in [1.54, 1.807) is 5.57 Å². The van der Waals surface area contributed by atoms with Crippen molar-refractivity contribution in [3.63, 3.8) is 0 Å². The van der Waals surface area contributed by atoms with Crippen LogP contribution >= 0.6 is 15.9 Å². The minimum Gasteiger partial charge on any atom is -0.462 e. The zero-order chi connectivity index (χ0) is 25.2. The van der Waals surface area contributed by atoms with Crippen LogP contribution in [-0.4, -0.2) is 17.4 Å². The largest absolute Gasteiger partial charge is 0.462 e. The van der Waals surface area contributed by atoms with Gasteiger partial charge in [0.05, 0.1) is 0 Å². The molecule has 3 fully saturated rings. The van der Waals surface area contributed by atoms with E-state index in [-0.39, 0.29) is 12.1 Å². The molecule has 0 aliphatic heterocycles. The third-order valence-corrected chi connectivity index (χ3v) is 11.9. The Labute approximate surface area is 224 Å². The van der Waals surface area contributed by atoms with Crippen LogP contribution < -0.4 is 0 Å². The van der Waals surface area contributed by atoms with E-state index in [0.29, 0.717) is 17.3 Å². The normalized spacial score (nSPS) is 39.4. The lowest BCUT2D eigenvalue weighted by atomic mass is 9.47. The first-order chi connectivity index (χ1) is 16.7. The number of rotatable bonds is 10. The Kier molecular flexibility index (Phi) is 9.19. The van der Waals surface area contributed by atoms with Gasteiger partial charge in [-0.25, -0.2) is 0 Å². The van der Waals surface area contributed by atoms with Gasteiger partial charge in [-0.3, -0.25) is 4.79 Å². The average Bonchev–Trinajstić information content (AvgIpc) is 3.16. The number of hydrogen-bond donors (Lipinski definition) is 0. The van der Waals surface area contributed by atoms with E-state index in [2.05, 4.69) is 56.6 Å². The molecule has 0 aromatic rings. The van der Waals surface area contributed by atoms with E-state index in [1.807, 2.05) is 0 Å². The highest BCUT2D eigenvalue weighted by molar-refractivity contribution is 9.09. The number of hydrogen-bond acceptors (Lipinski definition) is 2. The fourth-order valence-electron chi connectivity index (χ4n) is 9.36. The average molecular weight is 550 g/mol. The SMILES string of the molecule is CC(C)CCCC(C)C1CCC2C3CC=C4CC(OC(=O)CCCCBr)CCC4(C)C3CCC12C. The maximum Gasteiger partial charge on any atom is 0.306 e. The number of alkyl halides is 1. The van der Waals surface area contributed by atoms with E-state index >= 15 is 0 Å². The van der Waals surface area contributed by atoms with Gasteiger partial charge in [0.2, 0.25) is 0 Å². The second-order valence-corrected chi connectivity index (χ2v) is 14.6. The van der Waals surface area contributed by atoms with Crippen molar-refractivity contribution in [1.29, 1.82) is 0 Å². The molecule has 0 N–H and O–H groups in total. The molecule has 0 heterocycles. The Balaban J connectivity index is 1.39. The lowest BCUT2D eigenvalue weighted by Gasteiger charge is -2.58. The van der Waals surface area contributed by atoms with Crippen LogP contribution in [0, 0.1) is 46.3 Å². The molecule has 3 saturated carbocycles. The maximum absolute atomic E-state index is 12.3. The lowest BCUT2D eigenvalue weighted by molar-refractivity contribution is -0.151. The summed E-state index contributed by atoms with van der Waals surface area (Å²) in [5, 5.41) is 0.968. The maximum atomic E-state index is 12.3. The third kappa shape index (κ3) is 5.75. The monoisotopic (exact) mass is 548 g/mol. The number of esters is 1. The van der Waals surface area contributed by atoms with Gasteiger partial charge in [0.25, 0.3) is 0 Å². The summed E-state index contributed by atoms with van der Waals surface area (Å²) in [4.78, 5) is 12.3. The van der Waals surface area contributed by atoms with Crippen LogP contribution in [0.2, 0.25) is 0 Å². The number of unbranched alkanes of at least 4 members (excludes halogenated alkanes) is 1. The van der Waals surface area contributed by atoms with Crippen LogP contribution in [0.1, 0.15) is 125 Å². The highest BCUT2D eigenvalue weighted by Gasteiger charge is 2.59. The summed E-state index contributed by atoms with van der Waals surface area (Å²) in [6, 6.07) is 0. The molecule has 2 nitrogen and oxygen atoms in total. The number of halogens is 1. The zero-order valence-corrected chi connectivity index (χ0v) is 25.0. The molecule has 200 valence electrons. The standard InChI is InChI=1S/C32H53BrO2/c1-22(2)9-8-10-23(3)27-14-15-28-26-13-12-24-21-25(35-30(34)11-6-7-20-33)16-18-31(24,4)29(26)17-19-32(27,28)5/h12,22-23,25-29H,6-11,13-21H2,1-5H3. The van der Waals surface area contributed by atoms with Gasteiger partial charge in [0.15, 0.2) is 0 Å². The first-order valence-corrected chi connectivity index (χ1v) is 16.3. The number of allylic oxidation sites excluding steroid dienone is 1. The molecular formula is C32H53BrO2. The highest BCUT2D eigenvalue weighted by Crippen LogP contribution is 2.67. The molecule has 0 radical (unpaired) electrons. The van der Waals surface area contributed by atoms with Crippen LogP contribution in [-0.2, 0) is 9.53 Å². The number of ether oxygens (including phenoxy) is 1. The Morgan fingerprint density at radius 2 is 1.83 bits per heavy atom. The summed E-state index contributed by atoms with van der Waals surface area (Å²) in [6.45, 7) is 12.6. The quantitative estimate of drug-likeness (QED) is 0.117. The van der Waals surface area contributed by atoms with Crippen molar-refractivity contribution >= 4 is 21.9 Å². The van der Waals surface area contributed by atoms with Crippen LogP contribution in [0.5, 0.6) is 0 Å². The Morgan fingerprint density at radius 1 is 1.03 bits per heavy atom. The predicted octanol–water partition coefficient (Wildman–Crippen LogP) is 9.50. The van der Waals surface area contributed by atoms with E-state index in [4.69, 9.17) is 4.74 Å². The Morgan fingerprint density at radius 3 is 2.57 bits per heavy atom. The summed E-state index contributed by atoms with van der Waals surface area (Å²) in [5.41, 5.74) is 2.52. The molecule has 0 saturated heterocycles. The first-order valence-electron chi connectivity index (χ1n) is 15.1. The molecule has 0 spiro atoms. The molecule has 4 rings (SSSR count). The van der Waals surface area contributed by atoms with Gasteiger partial charge in [-0.2, -0.15) is 0 Å². The summed E-state index contributed by atoms with van der Waals surface area (Å²) < 4.78 is 5.95. The van der Waals surface area contributed by atoms with Crippen LogP contribution in [0.3, 0.4) is 0 Å². The van der Waals surface area contributed by atoms with Crippen LogP contribution in [0.15, 0.2) is 11.6 Å². The van der Waals surface area contributed by atoms with Gasteiger partial charge in [0, 0.05) is 18.2 Å². The highest BCUT2D eigenvalue weighted by atomic mass is 79.9. The number of carbonyl (C=O) groups is 1. The fourth-order valence-corrected chi connectivity index (χ4v) is 9.76. The molecule has 8 unspecified atom stereocenters. The van der Waals surface area contributed by atoms with E-state index in [9.17, 15) is 4.79 Å². The molecule has 4 aliphatic rings. The molecule has 35 heavy (non-hydrogen) atoms. The van der Waals surface area contributed by atoms with E-state index in [0.717, 1.165) is 66.5 Å². The van der Waals surface area contributed by atoms with Crippen molar-refractivity contribution in [1.82, 2.24) is 0 Å². The van der Waals surface area contributed by atoms with Crippen molar-refractivity contribution in [3.05, 3.63) is 11.6 Å². The number of carbonyl (C=O) groups excluding carboxylic acids is 1. The van der Waals surface area contributed by atoms with Crippen LogP contribution in [0.4, 0.5) is 0 Å². The van der Waals surface area contributed by atoms with E-state index in [1.165, 1.54) is 57.8 Å². The fraction of sp³-hybridized carbons (Fsp3) is 0.906. The van der Waals surface area contributed by atoms with Crippen molar-refractivity contribution in [2.45, 2.75) is 131 Å². The van der Waals surface area contributed by atoms with Gasteiger partial charge in [-0.05, 0) is 104 Å². The summed E-state index contributed by atoms with van der Waals surface area (Å²) in [6.07, 6.45) is 19.8. The summed E-state index contributed by atoms with van der Waals surface area (Å²) in [7, 11) is 0. The lowest BCUT2D eigenvalue weighted by Crippen LogP contribution is -2.51. The molecule has 4 aliphatic carbocycles. The second-order valence-electron chi connectivity index (χ2n) is 13.8. The molecule has 0 aromatic heterocycles. The molecule has 0 bridgehead atoms. The Bertz CT molecular complexity index is 759. The molecular weight excluding hydrogens is 496 g/mol.